The molecule has 7 rings (SSSR count). The maximum absolute atomic E-state index is 14.1. The number of aromatic nitrogens is 1. The lowest BCUT2D eigenvalue weighted by atomic mass is 9.83. The van der Waals surface area contributed by atoms with Crippen LogP contribution in [-0.2, 0) is 6.42 Å². The zero-order chi connectivity index (χ0) is 30.5. The second-order valence-corrected chi connectivity index (χ2v) is 11.7. The predicted octanol–water partition coefficient (Wildman–Crippen LogP) is 5.81. The summed E-state index contributed by atoms with van der Waals surface area (Å²) in [7, 11) is 3.19. The first-order valence-corrected chi connectivity index (χ1v) is 14.9. The molecule has 220 valence electrons. The lowest BCUT2D eigenvalue weighted by Gasteiger charge is -2.31. The number of furan rings is 1. The Hall–Kier alpha value is -5.22. The van der Waals surface area contributed by atoms with Gasteiger partial charge >= 0.3 is 0 Å². The highest BCUT2D eigenvalue weighted by Gasteiger charge is 2.33. The third-order valence-electron chi connectivity index (χ3n) is 8.19. The fraction of sp³-hybridized carbons (Fsp3) is 0.176. The molecule has 0 saturated carbocycles. The number of ether oxygens (including phenoxy) is 2. The molecule has 0 spiro atoms. The number of thiazole rings is 1. The molecule has 9 nitrogen and oxygen atoms in total. The van der Waals surface area contributed by atoms with Gasteiger partial charge in [0.15, 0.2) is 16.3 Å². The van der Waals surface area contributed by atoms with Crippen molar-refractivity contribution in [2.24, 2.45) is 4.99 Å². The molecule has 0 unspecified atom stereocenters. The van der Waals surface area contributed by atoms with Crippen molar-refractivity contribution in [3.8, 4) is 22.8 Å². The van der Waals surface area contributed by atoms with Gasteiger partial charge in [-0.05, 0) is 60.7 Å². The molecular weight excluding hydrogens is 578 g/mol. The second-order valence-electron chi connectivity index (χ2n) is 10.7. The highest BCUT2D eigenvalue weighted by molar-refractivity contribution is 7.07. The Balaban J connectivity index is 1.38. The van der Waals surface area contributed by atoms with Crippen LogP contribution in [0.5, 0.6) is 11.5 Å². The summed E-state index contributed by atoms with van der Waals surface area (Å²) in [6.07, 6.45) is 3.33. The third kappa shape index (κ3) is 4.55. The quantitative estimate of drug-likeness (QED) is 0.178. The van der Waals surface area contributed by atoms with Gasteiger partial charge in [-0.25, -0.2) is 4.99 Å². The van der Waals surface area contributed by atoms with E-state index in [1.807, 2.05) is 30.3 Å². The van der Waals surface area contributed by atoms with Crippen molar-refractivity contribution in [3.05, 3.63) is 136 Å². The summed E-state index contributed by atoms with van der Waals surface area (Å²) in [6, 6.07) is 22.1. The van der Waals surface area contributed by atoms with Gasteiger partial charge in [-0.1, -0.05) is 53.8 Å². The van der Waals surface area contributed by atoms with Crippen molar-refractivity contribution < 1.29 is 18.8 Å². The maximum Gasteiger partial charge on any atom is 0.273 e. The first kappa shape index (κ1) is 27.6. The normalized spacial score (nSPS) is 15.7. The van der Waals surface area contributed by atoms with Gasteiger partial charge in [-0.2, -0.15) is 0 Å². The molecule has 1 atom stereocenters. The highest BCUT2D eigenvalue weighted by atomic mass is 32.1. The average Bonchev–Trinajstić information content (AvgIpc) is 3.63. The number of methoxy groups -OCH3 is 2. The highest BCUT2D eigenvalue weighted by Crippen LogP contribution is 2.42. The van der Waals surface area contributed by atoms with Crippen LogP contribution >= 0.6 is 11.3 Å². The monoisotopic (exact) mass is 605 g/mol. The summed E-state index contributed by atoms with van der Waals surface area (Å²) in [5, 5.41) is 11.5. The van der Waals surface area contributed by atoms with Gasteiger partial charge in [0, 0.05) is 28.8 Å². The molecule has 3 aromatic carbocycles. The Labute approximate surface area is 255 Å². The molecule has 2 aliphatic rings. The maximum atomic E-state index is 14.1. The van der Waals surface area contributed by atoms with Crippen LogP contribution in [0.25, 0.3) is 23.1 Å². The summed E-state index contributed by atoms with van der Waals surface area (Å²) < 4.78 is 19.4. The van der Waals surface area contributed by atoms with E-state index in [4.69, 9.17) is 18.9 Å². The number of nitro benzene ring substituents is 1. The van der Waals surface area contributed by atoms with Crippen LogP contribution in [0.3, 0.4) is 0 Å². The minimum atomic E-state index is -0.406. The average molecular weight is 606 g/mol. The van der Waals surface area contributed by atoms with Crippen LogP contribution in [0.2, 0.25) is 0 Å². The molecule has 3 heterocycles. The van der Waals surface area contributed by atoms with Crippen LogP contribution in [0.1, 0.15) is 40.5 Å². The Morgan fingerprint density at radius 1 is 1.02 bits per heavy atom. The van der Waals surface area contributed by atoms with Crippen molar-refractivity contribution in [1.82, 2.24) is 4.57 Å². The fourth-order valence-corrected chi connectivity index (χ4v) is 7.00. The molecule has 0 N–H and O–H groups in total. The van der Waals surface area contributed by atoms with Crippen molar-refractivity contribution in [3.63, 3.8) is 0 Å². The van der Waals surface area contributed by atoms with Crippen LogP contribution in [0, 0.1) is 17.0 Å². The predicted molar refractivity (Wildman–Crippen MR) is 168 cm³/mol. The minimum Gasteiger partial charge on any atom is -0.493 e. The number of nitro groups is 1. The fourth-order valence-electron chi connectivity index (χ4n) is 6.02. The molecule has 44 heavy (non-hydrogen) atoms. The number of nitrogens with zero attached hydrogens (tertiary/aromatic N) is 3. The molecule has 1 aliphatic carbocycles. The molecular formula is C34H27N3O6S. The van der Waals surface area contributed by atoms with E-state index in [0.717, 1.165) is 35.2 Å². The van der Waals surface area contributed by atoms with Gasteiger partial charge in [0.05, 0.1) is 35.4 Å². The van der Waals surface area contributed by atoms with E-state index in [1.54, 1.807) is 56.1 Å². The van der Waals surface area contributed by atoms with Gasteiger partial charge < -0.3 is 13.9 Å². The van der Waals surface area contributed by atoms with E-state index in [1.165, 1.54) is 23.0 Å². The van der Waals surface area contributed by atoms with Crippen LogP contribution in [0.4, 0.5) is 5.69 Å². The lowest BCUT2D eigenvalue weighted by Crippen LogP contribution is -2.38. The number of hydrogen-bond donors (Lipinski definition) is 0. The smallest absolute Gasteiger partial charge is 0.273 e. The Kier molecular flexibility index (Phi) is 6.78. The molecule has 0 radical (unpaired) electrons. The Morgan fingerprint density at radius 2 is 1.84 bits per heavy atom. The van der Waals surface area contributed by atoms with E-state index in [9.17, 15) is 14.9 Å². The topological polar surface area (TPSA) is 109 Å². The van der Waals surface area contributed by atoms with E-state index >= 15 is 0 Å². The lowest BCUT2D eigenvalue weighted by molar-refractivity contribution is -0.385. The van der Waals surface area contributed by atoms with Gasteiger partial charge in [0.2, 0.25) is 0 Å². The van der Waals surface area contributed by atoms with Crippen molar-refractivity contribution in [1.29, 1.82) is 0 Å². The van der Waals surface area contributed by atoms with Crippen molar-refractivity contribution >= 4 is 28.8 Å². The number of benzene rings is 3. The van der Waals surface area contributed by atoms with Crippen LogP contribution < -0.4 is 24.4 Å². The summed E-state index contributed by atoms with van der Waals surface area (Å²) in [5.41, 5.74) is 6.20. The second kappa shape index (κ2) is 10.8. The standard InChI is InChI=1S/C34H27N3O6S/c1-19-8-9-21(16-26(19)37(39)40)27-15-12-23(43-27)18-30-33(38)36-32(22-11-14-28(41-2)29(17-22)42-3)25-13-10-20-6-4-5-7-24(20)31(25)35-34(36)44-30/h4-9,11-12,14-18,32H,10,13H2,1-3H3/b30-18+/t32-/m0/s1. The largest absolute Gasteiger partial charge is 0.493 e. The van der Waals surface area contributed by atoms with Gasteiger partial charge in [0.1, 0.15) is 11.5 Å². The van der Waals surface area contributed by atoms with E-state index in [-0.39, 0.29) is 17.3 Å². The van der Waals surface area contributed by atoms with Crippen LogP contribution in [0.15, 0.2) is 92.6 Å². The zero-order valence-electron chi connectivity index (χ0n) is 24.2. The molecule has 0 saturated heterocycles. The number of fused-ring (bicyclic) bond motifs is 3. The molecule has 0 amide bonds. The van der Waals surface area contributed by atoms with Gasteiger partial charge in [0.25, 0.3) is 11.2 Å². The molecule has 0 bridgehead atoms. The molecule has 1 aliphatic heterocycles. The molecule has 0 fully saturated rings. The van der Waals surface area contributed by atoms with Crippen LogP contribution in [-0.4, -0.2) is 23.7 Å². The first-order chi connectivity index (χ1) is 21.4. The minimum absolute atomic E-state index is 0.0227. The zero-order valence-corrected chi connectivity index (χ0v) is 25.0. The van der Waals surface area contributed by atoms with Crippen molar-refractivity contribution in [2.75, 3.05) is 14.2 Å². The number of hydrogen-bond acceptors (Lipinski definition) is 8. The third-order valence-corrected chi connectivity index (χ3v) is 9.17. The summed E-state index contributed by atoms with van der Waals surface area (Å²) >= 11 is 1.31. The number of allylic oxidation sites excluding steroid dienone is 1. The molecule has 5 aromatic rings. The molecule has 10 heteroatoms. The van der Waals surface area contributed by atoms with Gasteiger partial charge in [-0.15, -0.1) is 0 Å². The van der Waals surface area contributed by atoms with Gasteiger partial charge in [-0.3, -0.25) is 19.5 Å². The van der Waals surface area contributed by atoms with E-state index in [0.29, 0.717) is 43.5 Å². The Morgan fingerprint density at radius 3 is 2.64 bits per heavy atom. The van der Waals surface area contributed by atoms with Crippen molar-refractivity contribution in [2.45, 2.75) is 25.8 Å². The summed E-state index contributed by atoms with van der Waals surface area (Å²) in [6.45, 7) is 1.70. The summed E-state index contributed by atoms with van der Waals surface area (Å²) in [4.78, 5) is 30.8. The SMILES string of the molecule is COc1ccc([C@H]2C3=C(N=c4s/c(=C/c5ccc(-c6ccc(C)c([N+](=O)[O-])c6)o5)c(=O)n42)c2ccccc2CC3)cc1OC. The van der Waals surface area contributed by atoms with E-state index < -0.39 is 4.92 Å². The van der Waals surface area contributed by atoms with E-state index in [2.05, 4.69) is 12.1 Å². The first-order valence-electron chi connectivity index (χ1n) is 14.1. The number of rotatable bonds is 6. The molecule has 2 aromatic heterocycles. The number of aryl methyl sites for hydroxylation is 2. The summed E-state index contributed by atoms with van der Waals surface area (Å²) in [5.74, 6) is 2.13. The Bertz CT molecular complexity index is 2190.